The van der Waals surface area contributed by atoms with Crippen molar-refractivity contribution in [2.45, 2.75) is 5.92 Å². The zero-order valence-electron chi connectivity index (χ0n) is 11.0. The lowest BCUT2D eigenvalue weighted by Gasteiger charge is -2.09. The Hall–Kier alpha value is -3.29. The van der Waals surface area contributed by atoms with E-state index in [9.17, 15) is 14.9 Å². The molecule has 3 aromatic rings. The largest absolute Gasteiger partial charge is 0.325 e. The summed E-state index contributed by atoms with van der Waals surface area (Å²) in [5, 5.41) is 21.2. The number of nitrogens with zero attached hydrogens (tertiary/aromatic N) is 3. The summed E-state index contributed by atoms with van der Waals surface area (Å²) in [6, 6.07) is 10.1. The third-order valence-electron chi connectivity index (χ3n) is 3.72. The molecule has 0 aliphatic carbocycles. The van der Waals surface area contributed by atoms with Crippen LogP contribution in [0, 0.1) is 10.1 Å². The minimum atomic E-state index is -0.591. The molecular weight excluding hydrogens is 288 g/mol. The highest BCUT2D eigenvalue weighted by molar-refractivity contribution is 6.07. The highest BCUT2D eigenvalue weighted by Gasteiger charge is 2.35. The average molecular weight is 296 g/mol. The van der Waals surface area contributed by atoms with Gasteiger partial charge < -0.3 is 5.32 Å². The number of fused-ring (bicyclic) bond motifs is 2. The van der Waals surface area contributed by atoms with Gasteiger partial charge in [0, 0.05) is 17.3 Å². The second-order valence-electron chi connectivity index (χ2n) is 4.90. The maximum absolute atomic E-state index is 12.3. The predicted octanol–water partition coefficient (Wildman–Crippen LogP) is 2.21. The first kappa shape index (κ1) is 12.5. The molecule has 22 heavy (non-hydrogen) atoms. The fraction of sp³-hybridized carbons (Fsp3) is 0.0714. The zero-order chi connectivity index (χ0) is 15.3. The van der Waals surface area contributed by atoms with Gasteiger partial charge in [0.05, 0.1) is 10.8 Å². The van der Waals surface area contributed by atoms with Gasteiger partial charge in [-0.1, -0.05) is 18.2 Å². The molecule has 0 fully saturated rings. The average Bonchev–Trinajstić information content (AvgIpc) is 3.09. The van der Waals surface area contributed by atoms with E-state index in [0.717, 1.165) is 11.3 Å². The molecule has 1 amide bonds. The number of carbonyl (C=O) groups is 1. The highest BCUT2D eigenvalue weighted by Crippen LogP contribution is 2.40. The van der Waals surface area contributed by atoms with E-state index in [4.69, 9.17) is 0 Å². The van der Waals surface area contributed by atoms with Crippen LogP contribution in [0.2, 0.25) is 0 Å². The van der Waals surface area contributed by atoms with E-state index in [1.54, 1.807) is 6.07 Å². The van der Waals surface area contributed by atoms with E-state index in [-0.39, 0.29) is 22.6 Å². The Labute approximate surface area is 122 Å². The Morgan fingerprint density at radius 1 is 1.09 bits per heavy atom. The lowest BCUT2D eigenvalue weighted by Crippen LogP contribution is -2.13. The van der Waals surface area contributed by atoms with Crippen molar-refractivity contribution in [1.29, 1.82) is 0 Å². The van der Waals surface area contributed by atoms with Crippen molar-refractivity contribution >= 4 is 28.3 Å². The molecule has 0 spiro atoms. The lowest BCUT2D eigenvalue weighted by atomic mass is 9.91. The Balaban J connectivity index is 1.96. The van der Waals surface area contributed by atoms with Crippen molar-refractivity contribution in [3.63, 3.8) is 0 Å². The number of benzene rings is 2. The Morgan fingerprint density at radius 2 is 1.86 bits per heavy atom. The second-order valence-corrected chi connectivity index (χ2v) is 4.90. The van der Waals surface area contributed by atoms with Crippen LogP contribution in [0.15, 0.2) is 41.0 Å². The first-order valence-electron chi connectivity index (χ1n) is 6.46. The maximum atomic E-state index is 12.3. The van der Waals surface area contributed by atoms with Crippen LogP contribution in [0.4, 0.5) is 11.4 Å². The van der Waals surface area contributed by atoms with Crippen molar-refractivity contribution in [3.8, 4) is 0 Å². The van der Waals surface area contributed by atoms with Gasteiger partial charge in [-0.3, -0.25) is 14.9 Å². The third kappa shape index (κ3) is 1.60. The van der Waals surface area contributed by atoms with Crippen LogP contribution < -0.4 is 5.32 Å². The van der Waals surface area contributed by atoms with Crippen molar-refractivity contribution in [3.05, 3.63) is 57.6 Å². The molecule has 2 aromatic carbocycles. The summed E-state index contributed by atoms with van der Waals surface area (Å²) >= 11 is 0. The van der Waals surface area contributed by atoms with Crippen molar-refractivity contribution in [2.24, 2.45) is 0 Å². The topological polar surface area (TPSA) is 111 Å². The number of nitro groups is 1. The van der Waals surface area contributed by atoms with Gasteiger partial charge in [0.2, 0.25) is 11.4 Å². The summed E-state index contributed by atoms with van der Waals surface area (Å²) in [6.07, 6.45) is 0. The van der Waals surface area contributed by atoms with Crippen LogP contribution >= 0.6 is 0 Å². The smallest absolute Gasteiger partial charge is 0.300 e. The van der Waals surface area contributed by atoms with Crippen LogP contribution in [0.5, 0.6) is 0 Å². The number of rotatable bonds is 2. The molecule has 1 N–H and O–H groups in total. The Morgan fingerprint density at radius 3 is 2.68 bits per heavy atom. The number of non-ortho nitro benzene ring substituents is 1. The van der Waals surface area contributed by atoms with E-state index in [1.165, 1.54) is 12.1 Å². The highest BCUT2D eigenvalue weighted by atomic mass is 16.6. The van der Waals surface area contributed by atoms with Crippen LogP contribution in [0.3, 0.4) is 0 Å². The molecule has 0 bridgehead atoms. The first-order chi connectivity index (χ1) is 10.7. The number of carbonyl (C=O) groups excluding carboxylic acids is 1. The third-order valence-corrected chi connectivity index (χ3v) is 3.72. The van der Waals surface area contributed by atoms with Gasteiger partial charge in [-0.25, -0.2) is 4.63 Å². The number of anilines is 1. The van der Waals surface area contributed by atoms with Crippen molar-refractivity contribution in [1.82, 2.24) is 10.3 Å². The SMILES string of the molecule is O=C1Nc2ccccc2C1c1ccc([N+](=O)[O-])c2nonc12. The van der Waals surface area contributed by atoms with Gasteiger partial charge in [-0.2, -0.15) is 0 Å². The normalized spacial score (nSPS) is 16.5. The van der Waals surface area contributed by atoms with Crippen LogP contribution in [0.25, 0.3) is 11.0 Å². The van der Waals surface area contributed by atoms with Crippen molar-refractivity contribution < 1.29 is 14.3 Å². The van der Waals surface area contributed by atoms with Gasteiger partial charge >= 0.3 is 5.69 Å². The van der Waals surface area contributed by atoms with E-state index in [1.807, 2.05) is 18.2 Å². The molecule has 0 saturated heterocycles. The van der Waals surface area contributed by atoms with Crippen molar-refractivity contribution in [2.75, 3.05) is 5.32 Å². The molecule has 0 radical (unpaired) electrons. The summed E-state index contributed by atoms with van der Waals surface area (Å²) in [4.78, 5) is 22.8. The molecule has 1 aliphatic rings. The molecule has 108 valence electrons. The number of amides is 1. The maximum Gasteiger partial charge on any atom is 0.300 e. The van der Waals surface area contributed by atoms with Gasteiger partial charge in [0.25, 0.3) is 0 Å². The number of para-hydroxylation sites is 1. The fourth-order valence-electron chi connectivity index (χ4n) is 2.77. The summed E-state index contributed by atoms with van der Waals surface area (Å²) in [6.45, 7) is 0. The molecule has 1 aromatic heterocycles. The minimum absolute atomic E-state index is 0.0414. The molecule has 4 rings (SSSR count). The molecule has 2 heterocycles. The second kappa shape index (κ2) is 4.35. The number of nitrogens with one attached hydrogen (secondary N) is 1. The zero-order valence-corrected chi connectivity index (χ0v) is 11.0. The number of hydrogen-bond acceptors (Lipinski definition) is 6. The summed E-state index contributed by atoms with van der Waals surface area (Å²) in [5.41, 5.74) is 2.12. The van der Waals surface area contributed by atoms with Crippen LogP contribution in [0.1, 0.15) is 17.0 Å². The number of nitro benzene ring substituents is 1. The number of aromatic nitrogens is 2. The predicted molar refractivity (Wildman–Crippen MR) is 75.4 cm³/mol. The Bertz CT molecular complexity index is 933. The molecule has 1 aliphatic heterocycles. The fourth-order valence-corrected chi connectivity index (χ4v) is 2.77. The standard InChI is InChI=1S/C14H8N4O4/c19-14-11(7-3-1-2-4-9(7)15-14)8-5-6-10(18(20)21)13-12(8)16-22-17-13/h1-6,11H,(H,15,19). The van der Waals surface area contributed by atoms with Crippen LogP contribution in [-0.4, -0.2) is 21.1 Å². The van der Waals surface area contributed by atoms with Gasteiger partial charge in [-0.15, -0.1) is 0 Å². The van der Waals surface area contributed by atoms with E-state index in [2.05, 4.69) is 20.3 Å². The first-order valence-corrected chi connectivity index (χ1v) is 6.46. The van der Waals surface area contributed by atoms with Gasteiger partial charge in [0.15, 0.2) is 0 Å². The van der Waals surface area contributed by atoms with Gasteiger partial charge in [-0.05, 0) is 28.0 Å². The summed E-state index contributed by atoms with van der Waals surface area (Å²) in [5.74, 6) is -0.800. The summed E-state index contributed by atoms with van der Waals surface area (Å²) < 4.78 is 4.64. The van der Waals surface area contributed by atoms with Gasteiger partial charge in [0.1, 0.15) is 5.52 Å². The minimum Gasteiger partial charge on any atom is -0.325 e. The molecular formula is C14H8N4O4. The van der Waals surface area contributed by atoms with E-state index in [0.29, 0.717) is 5.56 Å². The lowest BCUT2D eigenvalue weighted by molar-refractivity contribution is -0.383. The molecule has 8 heteroatoms. The quantitative estimate of drug-likeness (QED) is 0.573. The summed E-state index contributed by atoms with van der Waals surface area (Å²) in [7, 11) is 0. The number of hydrogen-bond donors (Lipinski definition) is 1. The Kier molecular flexibility index (Phi) is 2.46. The van der Waals surface area contributed by atoms with E-state index < -0.39 is 10.8 Å². The van der Waals surface area contributed by atoms with E-state index >= 15 is 0 Å². The monoisotopic (exact) mass is 296 g/mol. The van der Waals surface area contributed by atoms with Crippen LogP contribution in [-0.2, 0) is 4.79 Å². The molecule has 8 nitrogen and oxygen atoms in total. The molecule has 1 unspecified atom stereocenters. The molecule has 0 saturated carbocycles. The molecule has 1 atom stereocenters.